The first-order chi connectivity index (χ1) is 13.8. The lowest BCUT2D eigenvalue weighted by atomic mass is 9.88. The highest BCUT2D eigenvalue weighted by Gasteiger charge is 2.17. The van der Waals surface area contributed by atoms with Gasteiger partial charge in [-0.2, -0.15) is 0 Å². The van der Waals surface area contributed by atoms with Gasteiger partial charge in [-0.05, 0) is 51.7 Å². The second-order valence-corrected chi connectivity index (χ2v) is 8.45. The highest BCUT2D eigenvalue weighted by molar-refractivity contribution is 6.04. The van der Waals surface area contributed by atoms with Crippen LogP contribution < -0.4 is 0 Å². The van der Waals surface area contributed by atoms with Crippen LogP contribution in [0.4, 0.5) is 10.1 Å². The third kappa shape index (κ3) is 7.79. The van der Waals surface area contributed by atoms with Crippen LogP contribution >= 0.6 is 0 Å². The summed E-state index contributed by atoms with van der Waals surface area (Å²) >= 11 is 0. The predicted octanol–water partition coefficient (Wildman–Crippen LogP) is 7.73. The van der Waals surface area contributed by atoms with Crippen LogP contribution in [0.25, 0.3) is 0 Å². The van der Waals surface area contributed by atoms with E-state index < -0.39 is 0 Å². The van der Waals surface area contributed by atoms with Crippen molar-refractivity contribution in [1.29, 1.82) is 0 Å². The molecule has 0 saturated heterocycles. The molecule has 1 heterocycles. The first-order valence-corrected chi connectivity index (χ1v) is 11.0. The molecular formula is C26H41FN2. The van der Waals surface area contributed by atoms with Crippen LogP contribution in [0.3, 0.4) is 0 Å². The summed E-state index contributed by atoms with van der Waals surface area (Å²) in [5, 5.41) is 0. The number of alkyl halides is 1. The molecule has 1 aromatic carbocycles. The number of aliphatic imine (C=N–C) groups is 1. The van der Waals surface area contributed by atoms with Crippen LogP contribution in [0, 0.1) is 19.8 Å². The number of halogens is 1. The summed E-state index contributed by atoms with van der Waals surface area (Å²) in [7, 11) is 2.64. The van der Waals surface area contributed by atoms with Gasteiger partial charge >= 0.3 is 0 Å². The van der Waals surface area contributed by atoms with Crippen LogP contribution in [0.1, 0.15) is 70.9 Å². The Balaban J connectivity index is 0.000000512. The van der Waals surface area contributed by atoms with E-state index in [1.165, 1.54) is 47.2 Å². The van der Waals surface area contributed by atoms with Gasteiger partial charge in [0.15, 0.2) is 0 Å². The second kappa shape index (κ2) is 12.6. The topological polar surface area (TPSA) is 15.6 Å². The van der Waals surface area contributed by atoms with Gasteiger partial charge in [0, 0.05) is 30.6 Å². The van der Waals surface area contributed by atoms with Crippen molar-refractivity contribution in [3.63, 3.8) is 0 Å². The van der Waals surface area contributed by atoms with Crippen molar-refractivity contribution in [3.05, 3.63) is 52.7 Å². The fourth-order valence-corrected chi connectivity index (χ4v) is 3.40. The van der Waals surface area contributed by atoms with E-state index in [1.54, 1.807) is 0 Å². The average Bonchev–Trinajstić information content (AvgIpc) is 2.67. The summed E-state index contributed by atoms with van der Waals surface area (Å²) < 4.78 is 9.50. The molecule has 0 aromatic heterocycles. The van der Waals surface area contributed by atoms with E-state index in [1.807, 2.05) is 0 Å². The molecular weight excluding hydrogens is 359 g/mol. The van der Waals surface area contributed by atoms with E-state index >= 15 is 0 Å². The molecule has 0 radical (unpaired) electrons. The lowest BCUT2D eigenvalue weighted by Crippen LogP contribution is -2.29. The number of hydrogen-bond donors (Lipinski definition) is 0. The fraction of sp³-hybridized carbons (Fsp3) is 0.577. The maximum absolute atomic E-state index is 9.50. The molecule has 162 valence electrons. The normalized spacial score (nSPS) is 19.1. The van der Waals surface area contributed by atoms with E-state index in [0.717, 1.165) is 24.4 Å². The van der Waals surface area contributed by atoms with Gasteiger partial charge in [-0.15, -0.1) is 0 Å². The molecule has 0 spiro atoms. The van der Waals surface area contributed by atoms with Gasteiger partial charge in [0.25, 0.3) is 0 Å². The minimum Gasteiger partial charge on any atom is -0.373 e. The monoisotopic (exact) mass is 400 g/mol. The Labute approximate surface area is 178 Å². The van der Waals surface area contributed by atoms with Gasteiger partial charge in [-0.25, -0.2) is 0 Å². The first kappa shape index (κ1) is 25.1. The molecule has 3 heteroatoms. The van der Waals surface area contributed by atoms with E-state index in [0.29, 0.717) is 13.2 Å². The van der Waals surface area contributed by atoms with Gasteiger partial charge in [-0.1, -0.05) is 68.9 Å². The zero-order valence-electron chi connectivity index (χ0n) is 19.8. The second-order valence-electron chi connectivity index (χ2n) is 8.45. The highest BCUT2D eigenvalue weighted by atomic mass is 19.1. The summed E-state index contributed by atoms with van der Waals surface area (Å²) in [5.41, 5.74) is 7.45. The summed E-state index contributed by atoms with van der Waals surface area (Å²) in [6, 6.07) is 6.94. The van der Waals surface area contributed by atoms with Crippen molar-refractivity contribution in [2.24, 2.45) is 10.9 Å². The third-order valence-corrected chi connectivity index (χ3v) is 5.82. The van der Waals surface area contributed by atoms with Gasteiger partial charge in [0.1, 0.15) is 0 Å². The molecule has 3 rings (SSSR count). The maximum atomic E-state index is 9.50. The molecule has 29 heavy (non-hydrogen) atoms. The number of likely N-dealkylation sites (N-methyl/N-ethyl adjacent to an activating group) is 1. The van der Waals surface area contributed by atoms with Crippen molar-refractivity contribution < 1.29 is 4.39 Å². The van der Waals surface area contributed by atoms with Crippen LogP contribution in [-0.4, -0.2) is 30.9 Å². The van der Waals surface area contributed by atoms with Crippen LogP contribution in [-0.2, 0) is 0 Å². The molecule has 1 fully saturated rings. The molecule has 2 aliphatic rings. The zero-order valence-corrected chi connectivity index (χ0v) is 19.8. The standard InChI is InChI=1S/C20H28N2.C5H10.CH3F/c1-7-8-20(18-12-15(3)17(5)22(6)13-18)21-19-10-9-14(2)11-16(19)4;1-5-3-2-4-5;1-2/h9-13,17H,7-8H2,1-6H3;5H,2-4H2,1H3;1H3. The zero-order chi connectivity index (χ0) is 22.0. The maximum Gasteiger partial charge on any atom is 0.0785 e. The van der Waals surface area contributed by atoms with Crippen molar-refractivity contribution in [1.82, 2.24) is 4.90 Å². The van der Waals surface area contributed by atoms with Crippen molar-refractivity contribution >= 4 is 11.4 Å². The quantitative estimate of drug-likeness (QED) is 0.472. The minimum absolute atomic E-state index is 0.465. The van der Waals surface area contributed by atoms with Crippen LogP contribution in [0.5, 0.6) is 0 Å². The van der Waals surface area contributed by atoms with Crippen LogP contribution in [0.2, 0.25) is 0 Å². The highest BCUT2D eigenvalue weighted by Crippen LogP contribution is 2.26. The lowest BCUT2D eigenvalue weighted by molar-refractivity contribution is 0.346. The van der Waals surface area contributed by atoms with Gasteiger partial charge < -0.3 is 4.90 Å². The van der Waals surface area contributed by atoms with Gasteiger partial charge in [0.05, 0.1) is 12.9 Å². The van der Waals surface area contributed by atoms with Gasteiger partial charge in [0.2, 0.25) is 0 Å². The molecule has 0 bridgehead atoms. The Morgan fingerprint density at radius 3 is 2.21 bits per heavy atom. The van der Waals surface area contributed by atoms with Gasteiger partial charge in [-0.3, -0.25) is 9.38 Å². The lowest BCUT2D eigenvalue weighted by Gasteiger charge is -2.29. The largest absolute Gasteiger partial charge is 0.373 e. The van der Waals surface area contributed by atoms with Crippen molar-refractivity contribution in [3.8, 4) is 0 Å². The molecule has 1 saturated carbocycles. The smallest absolute Gasteiger partial charge is 0.0785 e. The Morgan fingerprint density at radius 1 is 1.14 bits per heavy atom. The number of nitrogens with zero attached hydrogens (tertiary/aromatic N) is 2. The van der Waals surface area contributed by atoms with E-state index in [-0.39, 0.29) is 0 Å². The number of allylic oxidation sites excluding steroid dienone is 2. The third-order valence-electron chi connectivity index (χ3n) is 5.82. The Morgan fingerprint density at radius 2 is 1.76 bits per heavy atom. The first-order valence-electron chi connectivity index (χ1n) is 11.0. The van der Waals surface area contributed by atoms with Crippen LogP contribution in [0.15, 0.2) is 46.6 Å². The fourth-order valence-electron chi connectivity index (χ4n) is 3.40. The summed E-state index contributed by atoms with van der Waals surface area (Å²) in [6.45, 7) is 13.2. The van der Waals surface area contributed by atoms with E-state index in [4.69, 9.17) is 4.99 Å². The SMILES string of the molecule is CC1CCC1.CCCC(=Nc1ccc(C)cc1C)C1=CN(C)C(C)C(C)=C1.CF. The number of rotatable bonds is 4. The van der Waals surface area contributed by atoms with Crippen molar-refractivity contribution in [2.45, 2.75) is 79.7 Å². The molecule has 1 aliphatic heterocycles. The Kier molecular flexibility index (Phi) is 10.9. The average molecular weight is 401 g/mol. The molecule has 1 aromatic rings. The molecule has 2 nitrogen and oxygen atoms in total. The summed E-state index contributed by atoms with van der Waals surface area (Å²) in [6.07, 6.45) is 11.1. The number of aryl methyl sites for hydroxylation is 2. The summed E-state index contributed by atoms with van der Waals surface area (Å²) in [5.74, 6) is 1.06. The predicted molar refractivity (Wildman–Crippen MR) is 127 cm³/mol. The molecule has 1 aliphatic carbocycles. The number of hydrogen-bond acceptors (Lipinski definition) is 2. The van der Waals surface area contributed by atoms with Crippen molar-refractivity contribution in [2.75, 3.05) is 14.2 Å². The van der Waals surface area contributed by atoms with E-state index in [2.05, 4.69) is 84.0 Å². The molecule has 0 amide bonds. The van der Waals surface area contributed by atoms with E-state index in [9.17, 15) is 4.39 Å². The molecule has 0 N–H and O–H groups in total. The Hall–Kier alpha value is -1.90. The number of benzene rings is 1. The summed E-state index contributed by atoms with van der Waals surface area (Å²) in [4.78, 5) is 7.26. The molecule has 1 atom stereocenters. The molecule has 1 unspecified atom stereocenters. The minimum atomic E-state index is 0.465. The Bertz CT molecular complexity index is 726.